The van der Waals surface area contributed by atoms with Crippen molar-refractivity contribution in [3.63, 3.8) is 0 Å². The predicted molar refractivity (Wildman–Crippen MR) is 103 cm³/mol. The van der Waals surface area contributed by atoms with E-state index < -0.39 is 11.8 Å². The maximum atomic E-state index is 12.5. The zero-order chi connectivity index (χ0) is 19.9. The standard InChI is InChI=1S/C21H36N2O4/c1-19(2,3)26-18(25)27-23-15-20(14-17(23)24)10-12-21(13-11-20,22(4)5)16-8-6-7-9-16/h16H,6-15H2,1-5H3. The lowest BCUT2D eigenvalue weighted by molar-refractivity contribution is -0.170. The van der Waals surface area contributed by atoms with Crippen molar-refractivity contribution in [3.8, 4) is 0 Å². The van der Waals surface area contributed by atoms with Crippen molar-refractivity contribution in [1.82, 2.24) is 9.96 Å². The summed E-state index contributed by atoms with van der Waals surface area (Å²) in [7, 11) is 4.43. The Morgan fingerprint density at radius 3 is 2.22 bits per heavy atom. The second kappa shape index (κ2) is 7.26. The third kappa shape index (κ3) is 4.25. The van der Waals surface area contributed by atoms with Crippen LogP contribution in [0.25, 0.3) is 0 Å². The second-order valence-electron chi connectivity index (χ2n) is 10.1. The highest BCUT2D eigenvalue weighted by Crippen LogP contribution is 2.53. The Balaban J connectivity index is 1.62. The minimum Gasteiger partial charge on any atom is -0.427 e. The van der Waals surface area contributed by atoms with Crippen LogP contribution in [0, 0.1) is 11.3 Å². The van der Waals surface area contributed by atoms with E-state index in [9.17, 15) is 9.59 Å². The highest BCUT2D eigenvalue weighted by Gasteiger charge is 2.53. The molecular formula is C21H36N2O4. The molecule has 154 valence electrons. The van der Waals surface area contributed by atoms with E-state index >= 15 is 0 Å². The number of hydrogen-bond donors (Lipinski definition) is 0. The van der Waals surface area contributed by atoms with Gasteiger partial charge < -0.3 is 14.5 Å². The molecule has 0 atom stereocenters. The first-order valence-electron chi connectivity index (χ1n) is 10.4. The number of ether oxygens (including phenoxy) is 1. The van der Waals surface area contributed by atoms with E-state index in [1.54, 1.807) is 20.8 Å². The van der Waals surface area contributed by atoms with Gasteiger partial charge in [-0.3, -0.25) is 4.79 Å². The van der Waals surface area contributed by atoms with E-state index in [-0.39, 0.29) is 16.9 Å². The van der Waals surface area contributed by atoms with Crippen molar-refractivity contribution in [3.05, 3.63) is 0 Å². The topological polar surface area (TPSA) is 59.1 Å². The number of hydrogen-bond acceptors (Lipinski definition) is 5. The van der Waals surface area contributed by atoms with Gasteiger partial charge in [0, 0.05) is 17.4 Å². The molecule has 6 nitrogen and oxygen atoms in total. The quantitative estimate of drug-likeness (QED) is 0.689. The molecule has 0 aromatic carbocycles. The van der Waals surface area contributed by atoms with Gasteiger partial charge >= 0.3 is 6.16 Å². The first-order chi connectivity index (χ1) is 12.6. The van der Waals surface area contributed by atoms with Crippen LogP contribution in [0.3, 0.4) is 0 Å². The van der Waals surface area contributed by atoms with Crippen LogP contribution in [-0.2, 0) is 14.4 Å². The summed E-state index contributed by atoms with van der Waals surface area (Å²) in [5.74, 6) is 0.676. The number of carbonyl (C=O) groups excluding carboxylic acids is 2. The molecule has 2 saturated carbocycles. The SMILES string of the molecule is CN(C)C1(C2CCCC2)CCC2(CC1)CC(=O)N(OC(=O)OC(C)(C)C)C2. The minimum atomic E-state index is -0.794. The van der Waals surface area contributed by atoms with Gasteiger partial charge in [-0.1, -0.05) is 12.8 Å². The van der Waals surface area contributed by atoms with E-state index in [2.05, 4.69) is 19.0 Å². The molecule has 3 fully saturated rings. The van der Waals surface area contributed by atoms with E-state index in [0.29, 0.717) is 13.0 Å². The summed E-state index contributed by atoms with van der Waals surface area (Å²) in [6, 6.07) is 0. The number of carbonyl (C=O) groups is 2. The summed E-state index contributed by atoms with van der Waals surface area (Å²) in [6.45, 7) is 5.85. The monoisotopic (exact) mass is 380 g/mol. The first kappa shape index (κ1) is 20.4. The molecule has 1 heterocycles. The van der Waals surface area contributed by atoms with Gasteiger partial charge in [-0.15, -0.1) is 0 Å². The van der Waals surface area contributed by atoms with Crippen LogP contribution in [-0.4, -0.2) is 53.8 Å². The van der Waals surface area contributed by atoms with Crippen LogP contribution in [0.2, 0.25) is 0 Å². The Bertz CT molecular complexity index is 567. The molecule has 1 amide bonds. The molecule has 1 spiro atoms. The van der Waals surface area contributed by atoms with Crippen molar-refractivity contribution in [2.24, 2.45) is 11.3 Å². The maximum absolute atomic E-state index is 12.5. The molecule has 0 unspecified atom stereocenters. The fourth-order valence-electron chi connectivity index (χ4n) is 5.53. The van der Waals surface area contributed by atoms with Crippen LogP contribution >= 0.6 is 0 Å². The molecular weight excluding hydrogens is 344 g/mol. The van der Waals surface area contributed by atoms with Gasteiger partial charge in [0.1, 0.15) is 5.60 Å². The highest BCUT2D eigenvalue weighted by atomic mass is 16.8. The lowest BCUT2D eigenvalue weighted by atomic mass is 9.62. The zero-order valence-corrected chi connectivity index (χ0v) is 17.7. The Morgan fingerprint density at radius 2 is 1.70 bits per heavy atom. The van der Waals surface area contributed by atoms with Crippen LogP contribution < -0.4 is 0 Å². The lowest BCUT2D eigenvalue weighted by Gasteiger charge is -2.51. The molecule has 6 heteroatoms. The van der Waals surface area contributed by atoms with Crippen LogP contribution in [0.15, 0.2) is 0 Å². The number of nitrogens with zero attached hydrogens (tertiary/aromatic N) is 2. The normalized spacial score (nSPS) is 32.5. The highest BCUT2D eigenvalue weighted by molar-refractivity contribution is 5.79. The van der Waals surface area contributed by atoms with Gasteiger partial charge in [0.05, 0.1) is 6.54 Å². The van der Waals surface area contributed by atoms with E-state index in [0.717, 1.165) is 31.6 Å². The van der Waals surface area contributed by atoms with Crippen molar-refractivity contribution in [2.45, 2.75) is 89.7 Å². The zero-order valence-electron chi connectivity index (χ0n) is 17.7. The fraction of sp³-hybridized carbons (Fsp3) is 0.905. The third-order valence-electron chi connectivity index (χ3n) is 7.04. The maximum Gasteiger partial charge on any atom is 0.534 e. The van der Waals surface area contributed by atoms with Crippen molar-refractivity contribution < 1.29 is 19.2 Å². The second-order valence-corrected chi connectivity index (χ2v) is 10.1. The molecule has 3 rings (SSSR count). The number of hydroxylamine groups is 2. The van der Waals surface area contributed by atoms with E-state index in [1.165, 1.54) is 30.7 Å². The Hall–Kier alpha value is -1.30. The summed E-state index contributed by atoms with van der Waals surface area (Å²) in [6.07, 6.45) is 9.32. The van der Waals surface area contributed by atoms with Crippen molar-refractivity contribution >= 4 is 12.1 Å². The Kier molecular flexibility index (Phi) is 5.50. The summed E-state index contributed by atoms with van der Waals surface area (Å²) >= 11 is 0. The van der Waals surface area contributed by atoms with E-state index in [4.69, 9.17) is 9.57 Å². The van der Waals surface area contributed by atoms with Gasteiger partial charge in [-0.05, 0) is 79.3 Å². The Morgan fingerprint density at radius 1 is 1.11 bits per heavy atom. The lowest BCUT2D eigenvalue weighted by Crippen LogP contribution is -2.54. The van der Waals surface area contributed by atoms with Gasteiger partial charge in [0.2, 0.25) is 0 Å². The summed E-state index contributed by atoms with van der Waals surface area (Å²) in [5, 5.41) is 1.24. The van der Waals surface area contributed by atoms with Gasteiger partial charge in [0.15, 0.2) is 0 Å². The summed E-state index contributed by atoms with van der Waals surface area (Å²) in [4.78, 5) is 32.1. The van der Waals surface area contributed by atoms with E-state index in [1.807, 2.05) is 0 Å². The first-order valence-corrected chi connectivity index (χ1v) is 10.4. The average Bonchev–Trinajstić information content (AvgIpc) is 3.16. The number of rotatable bonds is 3. The van der Waals surface area contributed by atoms with Crippen molar-refractivity contribution in [1.29, 1.82) is 0 Å². The minimum absolute atomic E-state index is 0.0583. The molecule has 3 aliphatic rings. The van der Waals surface area contributed by atoms with Crippen LogP contribution in [0.4, 0.5) is 4.79 Å². The molecule has 0 radical (unpaired) electrons. The molecule has 0 aromatic rings. The third-order valence-corrected chi connectivity index (χ3v) is 7.04. The molecule has 1 saturated heterocycles. The summed E-state index contributed by atoms with van der Waals surface area (Å²) in [5.41, 5.74) is -0.420. The van der Waals surface area contributed by atoms with Gasteiger partial charge in [-0.2, -0.15) is 5.06 Å². The number of amides is 1. The van der Waals surface area contributed by atoms with Gasteiger partial charge in [-0.25, -0.2) is 4.79 Å². The molecule has 1 aliphatic heterocycles. The largest absolute Gasteiger partial charge is 0.534 e. The van der Waals surface area contributed by atoms with Crippen molar-refractivity contribution in [2.75, 3.05) is 20.6 Å². The summed E-state index contributed by atoms with van der Waals surface area (Å²) < 4.78 is 5.19. The molecule has 27 heavy (non-hydrogen) atoms. The molecule has 0 N–H and O–H groups in total. The Labute approximate surface area is 163 Å². The average molecular weight is 381 g/mol. The fourth-order valence-corrected chi connectivity index (χ4v) is 5.53. The smallest absolute Gasteiger partial charge is 0.427 e. The molecule has 0 bridgehead atoms. The molecule has 0 aromatic heterocycles. The van der Waals surface area contributed by atoms with Crippen LogP contribution in [0.5, 0.6) is 0 Å². The predicted octanol–water partition coefficient (Wildman–Crippen LogP) is 4.14. The van der Waals surface area contributed by atoms with Gasteiger partial charge in [0.25, 0.3) is 5.91 Å². The molecule has 2 aliphatic carbocycles. The van der Waals surface area contributed by atoms with Crippen LogP contribution in [0.1, 0.15) is 78.6 Å².